The Hall–Kier alpha value is -2.27. The highest BCUT2D eigenvalue weighted by Crippen LogP contribution is 2.27. The number of carbonyl (C=O) groups excluding carboxylic acids is 1. The molecular formula is C14H11ClN2O3. The van der Waals surface area contributed by atoms with Gasteiger partial charge in [-0.3, -0.25) is 0 Å². The quantitative estimate of drug-likeness (QED) is 0.635. The first-order valence-electron chi connectivity index (χ1n) is 5.76. The number of aryl methyl sites for hydroxylation is 1. The Kier molecular flexibility index (Phi) is 4.10. The third-order valence-electron chi connectivity index (χ3n) is 2.82. The lowest BCUT2D eigenvalue weighted by atomic mass is 10.1. The van der Waals surface area contributed by atoms with Gasteiger partial charge >= 0.3 is 5.97 Å². The zero-order valence-corrected chi connectivity index (χ0v) is 11.6. The van der Waals surface area contributed by atoms with Gasteiger partial charge in [-0.1, -0.05) is 23.7 Å². The molecule has 1 heterocycles. The fraction of sp³-hybridized carbons (Fsp3) is 0.143. The van der Waals surface area contributed by atoms with E-state index in [0.717, 1.165) is 11.1 Å². The van der Waals surface area contributed by atoms with Crippen molar-refractivity contribution in [3.63, 3.8) is 0 Å². The lowest BCUT2D eigenvalue weighted by Crippen LogP contribution is -2.05. The third kappa shape index (κ3) is 2.67. The summed E-state index contributed by atoms with van der Waals surface area (Å²) in [4.78, 5) is 26.4. The molecule has 0 radical (unpaired) electrons. The maximum atomic E-state index is 11.6. The molecule has 6 heteroatoms. The van der Waals surface area contributed by atoms with Crippen LogP contribution in [0, 0.1) is 11.8 Å². The van der Waals surface area contributed by atoms with Gasteiger partial charge in [0.2, 0.25) is 0 Å². The molecule has 5 nitrogen and oxygen atoms in total. The monoisotopic (exact) mass is 290 g/mol. The normalized spacial score (nSPS) is 10.2. The molecular weight excluding hydrogens is 280 g/mol. The average molecular weight is 291 g/mol. The SMILES string of the molecule is COC(=O)c1nc(-c2ccc(C)c(Cl)c2)ccc1N=O. The van der Waals surface area contributed by atoms with Crippen molar-refractivity contribution in [2.45, 2.75) is 6.92 Å². The Labute approximate surface area is 120 Å². The minimum absolute atomic E-state index is 0.0567. The Bertz CT molecular complexity index is 686. The maximum Gasteiger partial charge on any atom is 0.359 e. The van der Waals surface area contributed by atoms with Crippen molar-refractivity contribution < 1.29 is 9.53 Å². The van der Waals surface area contributed by atoms with E-state index >= 15 is 0 Å². The van der Waals surface area contributed by atoms with Crippen molar-refractivity contribution in [1.82, 2.24) is 4.98 Å². The first-order chi connectivity index (χ1) is 9.56. The van der Waals surface area contributed by atoms with Crippen LogP contribution in [0.5, 0.6) is 0 Å². The van der Waals surface area contributed by atoms with Crippen LogP contribution >= 0.6 is 11.6 Å². The Morgan fingerprint density at radius 3 is 2.65 bits per heavy atom. The van der Waals surface area contributed by atoms with Gasteiger partial charge in [-0.25, -0.2) is 9.78 Å². The molecule has 0 saturated carbocycles. The molecule has 0 saturated heterocycles. The minimum atomic E-state index is -0.709. The van der Waals surface area contributed by atoms with Crippen LogP contribution in [0.3, 0.4) is 0 Å². The number of carbonyl (C=O) groups is 1. The van der Waals surface area contributed by atoms with E-state index in [0.29, 0.717) is 10.7 Å². The highest BCUT2D eigenvalue weighted by Gasteiger charge is 2.16. The number of pyridine rings is 1. The molecule has 0 aliphatic rings. The van der Waals surface area contributed by atoms with E-state index in [9.17, 15) is 9.70 Å². The van der Waals surface area contributed by atoms with Crippen molar-refractivity contribution in [3.05, 3.63) is 51.5 Å². The fourth-order valence-electron chi connectivity index (χ4n) is 1.69. The van der Waals surface area contributed by atoms with E-state index in [2.05, 4.69) is 14.9 Å². The van der Waals surface area contributed by atoms with Crippen LogP contribution in [-0.4, -0.2) is 18.1 Å². The summed E-state index contributed by atoms with van der Waals surface area (Å²) in [5, 5.41) is 3.37. The van der Waals surface area contributed by atoms with Gasteiger partial charge < -0.3 is 4.74 Å². The second-order valence-corrected chi connectivity index (χ2v) is 4.52. The Balaban J connectivity index is 2.55. The summed E-state index contributed by atoms with van der Waals surface area (Å²) in [5.74, 6) is -0.709. The Morgan fingerprint density at radius 2 is 2.05 bits per heavy atom. The zero-order valence-electron chi connectivity index (χ0n) is 10.9. The molecule has 0 bridgehead atoms. The zero-order chi connectivity index (χ0) is 14.7. The van der Waals surface area contributed by atoms with Crippen molar-refractivity contribution in [3.8, 4) is 11.3 Å². The highest BCUT2D eigenvalue weighted by atomic mass is 35.5. The van der Waals surface area contributed by atoms with Gasteiger partial charge in [0.1, 0.15) is 5.69 Å². The van der Waals surface area contributed by atoms with E-state index in [4.69, 9.17) is 11.6 Å². The molecule has 0 amide bonds. The molecule has 2 aromatic rings. The number of ether oxygens (including phenoxy) is 1. The van der Waals surface area contributed by atoms with E-state index in [1.54, 1.807) is 12.1 Å². The summed E-state index contributed by atoms with van der Waals surface area (Å²) in [6.07, 6.45) is 0. The van der Waals surface area contributed by atoms with Crippen LogP contribution in [0.1, 0.15) is 16.1 Å². The topological polar surface area (TPSA) is 68.6 Å². The van der Waals surface area contributed by atoms with Gasteiger partial charge in [0, 0.05) is 10.6 Å². The molecule has 0 atom stereocenters. The largest absolute Gasteiger partial charge is 0.464 e. The van der Waals surface area contributed by atoms with Crippen molar-refractivity contribution >= 4 is 23.3 Å². The van der Waals surface area contributed by atoms with Crippen molar-refractivity contribution in [2.75, 3.05) is 7.11 Å². The predicted molar refractivity (Wildman–Crippen MR) is 76.2 cm³/mol. The fourth-order valence-corrected chi connectivity index (χ4v) is 1.87. The summed E-state index contributed by atoms with van der Waals surface area (Å²) in [6, 6.07) is 8.45. The van der Waals surface area contributed by atoms with Gasteiger partial charge in [-0.2, -0.15) is 0 Å². The maximum absolute atomic E-state index is 11.6. The summed E-state index contributed by atoms with van der Waals surface area (Å²) in [7, 11) is 1.22. The van der Waals surface area contributed by atoms with Crippen LogP contribution in [0.4, 0.5) is 5.69 Å². The number of methoxy groups -OCH3 is 1. The minimum Gasteiger partial charge on any atom is -0.464 e. The molecule has 0 fully saturated rings. The van der Waals surface area contributed by atoms with Crippen LogP contribution in [0.25, 0.3) is 11.3 Å². The van der Waals surface area contributed by atoms with Crippen LogP contribution in [0.15, 0.2) is 35.5 Å². The first kappa shape index (κ1) is 14.1. The second kappa shape index (κ2) is 5.79. The van der Waals surface area contributed by atoms with E-state index in [1.165, 1.54) is 13.2 Å². The molecule has 1 aromatic carbocycles. The molecule has 0 unspecified atom stereocenters. The summed E-state index contributed by atoms with van der Waals surface area (Å²) in [5.41, 5.74) is 2.02. The predicted octanol–water partition coefficient (Wildman–Crippen LogP) is 3.89. The van der Waals surface area contributed by atoms with Gasteiger partial charge in [-0.05, 0) is 35.9 Å². The van der Waals surface area contributed by atoms with Crippen LogP contribution in [-0.2, 0) is 4.74 Å². The number of rotatable bonds is 3. The Morgan fingerprint density at radius 1 is 1.30 bits per heavy atom. The molecule has 20 heavy (non-hydrogen) atoms. The third-order valence-corrected chi connectivity index (χ3v) is 3.23. The number of aromatic nitrogens is 1. The molecule has 1 aromatic heterocycles. The summed E-state index contributed by atoms with van der Waals surface area (Å²) in [6.45, 7) is 1.89. The second-order valence-electron chi connectivity index (χ2n) is 4.11. The van der Waals surface area contributed by atoms with Gasteiger partial charge in [0.15, 0.2) is 5.69 Å². The molecule has 0 aliphatic heterocycles. The smallest absolute Gasteiger partial charge is 0.359 e. The van der Waals surface area contributed by atoms with Crippen LogP contribution < -0.4 is 0 Å². The standard InChI is InChI=1S/C14H11ClN2O3/c1-8-3-4-9(7-10(8)15)11-5-6-12(17-19)13(16-11)14(18)20-2/h3-7H,1-2H3. The average Bonchev–Trinajstić information content (AvgIpc) is 2.48. The lowest BCUT2D eigenvalue weighted by Gasteiger charge is -2.06. The molecule has 0 N–H and O–H groups in total. The van der Waals surface area contributed by atoms with Gasteiger partial charge in [-0.15, -0.1) is 4.91 Å². The summed E-state index contributed by atoms with van der Waals surface area (Å²) < 4.78 is 4.59. The van der Waals surface area contributed by atoms with Crippen molar-refractivity contribution in [2.24, 2.45) is 5.18 Å². The van der Waals surface area contributed by atoms with Crippen molar-refractivity contribution in [1.29, 1.82) is 0 Å². The molecule has 2 rings (SSSR count). The number of benzene rings is 1. The number of hydrogen-bond acceptors (Lipinski definition) is 5. The number of esters is 1. The van der Waals surface area contributed by atoms with Gasteiger partial charge in [0.05, 0.1) is 12.8 Å². The van der Waals surface area contributed by atoms with Crippen LogP contribution in [0.2, 0.25) is 5.02 Å². The molecule has 102 valence electrons. The number of hydrogen-bond donors (Lipinski definition) is 0. The van der Waals surface area contributed by atoms with E-state index < -0.39 is 5.97 Å². The highest BCUT2D eigenvalue weighted by molar-refractivity contribution is 6.31. The molecule has 0 aliphatic carbocycles. The first-order valence-corrected chi connectivity index (χ1v) is 6.14. The van der Waals surface area contributed by atoms with E-state index in [1.807, 2.05) is 19.1 Å². The number of nitrogens with zero attached hydrogens (tertiary/aromatic N) is 2. The van der Waals surface area contributed by atoms with E-state index in [-0.39, 0.29) is 11.4 Å². The van der Waals surface area contributed by atoms with Gasteiger partial charge in [0.25, 0.3) is 0 Å². The molecule has 0 spiro atoms. The summed E-state index contributed by atoms with van der Waals surface area (Å²) >= 11 is 6.06. The number of nitroso groups, excluding NO2 is 1. The lowest BCUT2D eigenvalue weighted by molar-refractivity contribution is 0.0595. The number of halogens is 1.